The second-order valence-electron chi connectivity index (χ2n) is 6.88. The Hall–Kier alpha value is -2.17. The van der Waals surface area contributed by atoms with Crippen LogP contribution < -0.4 is 5.32 Å². The molecule has 24 heavy (non-hydrogen) atoms. The fourth-order valence-corrected chi connectivity index (χ4v) is 3.38. The lowest BCUT2D eigenvalue weighted by Gasteiger charge is -2.20. The summed E-state index contributed by atoms with van der Waals surface area (Å²) >= 11 is 0. The molecule has 0 unspecified atom stereocenters. The second kappa shape index (κ2) is 7.16. The third kappa shape index (κ3) is 3.83. The predicted molar refractivity (Wildman–Crippen MR) is 91.3 cm³/mol. The number of carbonyl (C=O) groups is 1. The number of hydrogen-bond donors (Lipinski definition) is 1. The second-order valence-corrected chi connectivity index (χ2v) is 6.88. The molecule has 1 N–H and O–H groups in total. The van der Waals surface area contributed by atoms with E-state index in [0.717, 1.165) is 31.2 Å². The molecule has 2 aromatic rings. The summed E-state index contributed by atoms with van der Waals surface area (Å²) in [6, 6.07) is 8.82. The van der Waals surface area contributed by atoms with E-state index in [0.29, 0.717) is 11.6 Å². The summed E-state index contributed by atoms with van der Waals surface area (Å²) in [4.78, 5) is 12.4. The summed E-state index contributed by atoms with van der Waals surface area (Å²) in [5.74, 6) is 0.0766. The van der Waals surface area contributed by atoms with Crippen molar-refractivity contribution in [2.45, 2.75) is 51.6 Å². The van der Waals surface area contributed by atoms with Crippen LogP contribution in [0.3, 0.4) is 0 Å². The Balaban J connectivity index is 1.62. The van der Waals surface area contributed by atoms with Crippen molar-refractivity contribution in [2.75, 3.05) is 0 Å². The van der Waals surface area contributed by atoms with E-state index in [2.05, 4.69) is 10.4 Å². The third-order valence-corrected chi connectivity index (χ3v) is 4.76. The van der Waals surface area contributed by atoms with Gasteiger partial charge in [-0.15, -0.1) is 0 Å². The molecule has 1 aliphatic rings. The first-order chi connectivity index (χ1) is 11.5. The lowest BCUT2D eigenvalue weighted by molar-refractivity contribution is 0.0921. The van der Waals surface area contributed by atoms with Gasteiger partial charge >= 0.3 is 0 Å². The van der Waals surface area contributed by atoms with E-state index >= 15 is 0 Å². The minimum atomic E-state index is -0.212. The van der Waals surface area contributed by atoms with E-state index in [1.165, 1.54) is 12.1 Å². The quantitative estimate of drug-likeness (QED) is 0.908. The third-order valence-electron chi connectivity index (χ3n) is 4.76. The molecule has 1 saturated carbocycles. The molecule has 1 heterocycles. The summed E-state index contributed by atoms with van der Waals surface area (Å²) in [7, 11) is 0. The molecule has 0 radical (unpaired) electrons. The first-order valence-electron chi connectivity index (χ1n) is 8.63. The molecule has 0 saturated heterocycles. The molecular formula is C19H24FN3O. The molecule has 0 aliphatic heterocycles. The Labute approximate surface area is 142 Å². The molecule has 1 aromatic heterocycles. The molecule has 5 heteroatoms. The molecule has 1 aromatic carbocycles. The monoisotopic (exact) mass is 329 g/mol. The number of carbonyl (C=O) groups excluding carboxylic acids is 1. The van der Waals surface area contributed by atoms with Crippen molar-refractivity contribution in [3.63, 3.8) is 0 Å². The summed E-state index contributed by atoms with van der Waals surface area (Å²) in [6.07, 6.45) is 5.89. The van der Waals surface area contributed by atoms with Gasteiger partial charge in [-0.3, -0.25) is 9.48 Å². The number of amides is 1. The van der Waals surface area contributed by atoms with Crippen LogP contribution in [0.4, 0.5) is 4.39 Å². The van der Waals surface area contributed by atoms with Gasteiger partial charge in [0.1, 0.15) is 11.5 Å². The Bertz CT molecular complexity index is 693. The molecule has 0 spiro atoms. The van der Waals surface area contributed by atoms with Crippen molar-refractivity contribution in [1.29, 1.82) is 0 Å². The molecule has 3 rings (SSSR count). The van der Waals surface area contributed by atoms with Crippen LogP contribution in [0.5, 0.6) is 0 Å². The van der Waals surface area contributed by atoms with Gasteiger partial charge in [0, 0.05) is 18.3 Å². The van der Waals surface area contributed by atoms with E-state index in [4.69, 9.17) is 0 Å². The normalized spacial score (nSPS) is 20.5. The Kier molecular flexibility index (Phi) is 4.97. The zero-order valence-corrected chi connectivity index (χ0v) is 14.2. The van der Waals surface area contributed by atoms with Crippen molar-refractivity contribution < 1.29 is 9.18 Å². The average molecular weight is 329 g/mol. The molecule has 128 valence electrons. The van der Waals surface area contributed by atoms with Crippen LogP contribution in [0.1, 0.15) is 55.2 Å². The van der Waals surface area contributed by atoms with E-state index in [-0.39, 0.29) is 23.8 Å². The van der Waals surface area contributed by atoms with Crippen molar-refractivity contribution in [3.05, 3.63) is 53.6 Å². The maximum absolute atomic E-state index is 13.0. The van der Waals surface area contributed by atoms with Gasteiger partial charge < -0.3 is 5.32 Å². The first-order valence-corrected chi connectivity index (χ1v) is 8.63. The summed E-state index contributed by atoms with van der Waals surface area (Å²) in [5.41, 5.74) is 1.59. The predicted octanol–water partition coefficient (Wildman–Crippen LogP) is 3.74. The number of nitrogens with zero attached hydrogens (tertiary/aromatic N) is 2. The summed E-state index contributed by atoms with van der Waals surface area (Å²) in [5, 5.41) is 7.47. The molecule has 2 atom stereocenters. The SMILES string of the molecule is CC(C)n1ccc(C(=O)N[C@H]2CCC[C@H]2Cc2ccc(F)cc2)n1. The Morgan fingerprint density at radius 1 is 1.29 bits per heavy atom. The first kappa shape index (κ1) is 16.7. The lowest BCUT2D eigenvalue weighted by Crippen LogP contribution is -2.38. The topological polar surface area (TPSA) is 46.9 Å². The van der Waals surface area contributed by atoms with E-state index in [1.54, 1.807) is 10.7 Å². The minimum Gasteiger partial charge on any atom is -0.348 e. The number of hydrogen-bond acceptors (Lipinski definition) is 2. The smallest absolute Gasteiger partial charge is 0.272 e. The summed E-state index contributed by atoms with van der Waals surface area (Å²) < 4.78 is 14.8. The highest BCUT2D eigenvalue weighted by Crippen LogP contribution is 2.29. The Morgan fingerprint density at radius 2 is 2.04 bits per heavy atom. The van der Waals surface area contributed by atoms with Gasteiger partial charge in [-0.1, -0.05) is 18.6 Å². The van der Waals surface area contributed by atoms with Crippen molar-refractivity contribution in [1.82, 2.24) is 15.1 Å². The van der Waals surface area contributed by atoms with Crippen LogP contribution in [0.2, 0.25) is 0 Å². The fraction of sp³-hybridized carbons (Fsp3) is 0.474. The largest absolute Gasteiger partial charge is 0.348 e. The number of aromatic nitrogens is 2. The van der Waals surface area contributed by atoms with Gasteiger partial charge in [0.05, 0.1) is 0 Å². The Morgan fingerprint density at radius 3 is 2.71 bits per heavy atom. The van der Waals surface area contributed by atoms with Crippen molar-refractivity contribution in [2.24, 2.45) is 5.92 Å². The van der Waals surface area contributed by atoms with E-state index < -0.39 is 0 Å². The minimum absolute atomic E-state index is 0.106. The van der Waals surface area contributed by atoms with Crippen molar-refractivity contribution in [3.8, 4) is 0 Å². The van der Waals surface area contributed by atoms with Crippen molar-refractivity contribution >= 4 is 5.91 Å². The fourth-order valence-electron chi connectivity index (χ4n) is 3.38. The van der Waals surface area contributed by atoms with Crippen LogP contribution in [0.25, 0.3) is 0 Å². The molecule has 0 bridgehead atoms. The van der Waals surface area contributed by atoms with Crippen LogP contribution >= 0.6 is 0 Å². The van der Waals surface area contributed by atoms with Gasteiger partial charge in [0.25, 0.3) is 5.91 Å². The number of rotatable bonds is 5. The highest BCUT2D eigenvalue weighted by Gasteiger charge is 2.29. The van der Waals surface area contributed by atoms with Gasteiger partial charge in [-0.2, -0.15) is 5.10 Å². The van der Waals surface area contributed by atoms with Gasteiger partial charge in [-0.25, -0.2) is 4.39 Å². The number of benzene rings is 1. The average Bonchev–Trinajstić information content (AvgIpc) is 3.19. The van der Waals surface area contributed by atoms with Crippen LogP contribution in [-0.4, -0.2) is 21.7 Å². The molecule has 1 amide bonds. The van der Waals surface area contributed by atoms with E-state index in [1.807, 2.05) is 32.2 Å². The highest BCUT2D eigenvalue weighted by molar-refractivity contribution is 5.92. The maximum atomic E-state index is 13.0. The number of halogens is 1. The maximum Gasteiger partial charge on any atom is 0.272 e. The summed E-state index contributed by atoms with van der Waals surface area (Å²) in [6.45, 7) is 4.06. The number of nitrogens with one attached hydrogen (secondary N) is 1. The van der Waals surface area contributed by atoms with Gasteiger partial charge in [0.15, 0.2) is 0 Å². The highest BCUT2D eigenvalue weighted by atomic mass is 19.1. The van der Waals surface area contributed by atoms with Crippen LogP contribution in [0, 0.1) is 11.7 Å². The zero-order chi connectivity index (χ0) is 17.1. The standard InChI is InChI=1S/C19H24FN3O/c1-13(2)23-11-10-18(22-23)19(24)21-17-5-3-4-15(17)12-14-6-8-16(20)9-7-14/h6-11,13,15,17H,3-5,12H2,1-2H3,(H,21,24)/t15-,17-/m0/s1. The van der Waals surface area contributed by atoms with Gasteiger partial charge in [-0.05, 0) is 62.8 Å². The van der Waals surface area contributed by atoms with Gasteiger partial charge in [0.2, 0.25) is 0 Å². The molecular weight excluding hydrogens is 305 g/mol. The molecule has 4 nitrogen and oxygen atoms in total. The van der Waals surface area contributed by atoms with Crippen LogP contribution in [-0.2, 0) is 6.42 Å². The lowest BCUT2D eigenvalue weighted by atomic mass is 9.94. The van der Waals surface area contributed by atoms with E-state index in [9.17, 15) is 9.18 Å². The zero-order valence-electron chi connectivity index (χ0n) is 14.2. The molecule has 1 aliphatic carbocycles. The molecule has 1 fully saturated rings. The van der Waals surface area contributed by atoms with Crippen LogP contribution in [0.15, 0.2) is 36.5 Å².